The average Bonchev–Trinajstić information content (AvgIpc) is 2.71. The van der Waals surface area contributed by atoms with E-state index >= 15 is 0 Å². The molecule has 1 saturated heterocycles. The van der Waals surface area contributed by atoms with Gasteiger partial charge < -0.3 is 10.8 Å². The fourth-order valence-electron chi connectivity index (χ4n) is 2.73. The number of aromatic hydroxyl groups is 1. The molecule has 0 spiro atoms. The summed E-state index contributed by atoms with van der Waals surface area (Å²) in [6.07, 6.45) is 2.05. The lowest BCUT2D eigenvalue weighted by atomic mass is 9.97. The molecule has 0 amide bonds. The molecule has 0 aliphatic carbocycles. The summed E-state index contributed by atoms with van der Waals surface area (Å²) in [7, 11) is 2.11. The van der Waals surface area contributed by atoms with Crippen molar-refractivity contribution < 1.29 is 5.11 Å². The standard InChI is InChI=1S/C14H22N2O/c1-3-10-4-5-14(17)12(6-10)13-7-11(8-15)9-16(13)2/h4-6,11,13,17H,3,7-9,15H2,1-2H3. The smallest absolute Gasteiger partial charge is 0.120 e. The molecule has 17 heavy (non-hydrogen) atoms. The Labute approximate surface area is 103 Å². The largest absolute Gasteiger partial charge is 0.508 e. The van der Waals surface area contributed by atoms with Crippen LogP contribution in [-0.4, -0.2) is 30.1 Å². The molecule has 1 aromatic rings. The van der Waals surface area contributed by atoms with Gasteiger partial charge in [0.25, 0.3) is 0 Å². The highest BCUT2D eigenvalue weighted by atomic mass is 16.3. The zero-order valence-corrected chi connectivity index (χ0v) is 10.7. The van der Waals surface area contributed by atoms with E-state index in [2.05, 4.69) is 24.9 Å². The lowest BCUT2D eigenvalue weighted by molar-refractivity contribution is 0.305. The van der Waals surface area contributed by atoms with Gasteiger partial charge in [0.05, 0.1) is 0 Å². The Bertz CT molecular complexity index is 392. The van der Waals surface area contributed by atoms with Crippen LogP contribution in [0.1, 0.15) is 30.5 Å². The van der Waals surface area contributed by atoms with Gasteiger partial charge in [0.15, 0.2) is 0 Å². The quantitative estimate of drug-likeness (QED) is 0.840. The van der Waals surface area contributed by atoms with Crippen LogP contribution in [0.5, 0.6) is 5.75 Å². The molecule has 1 aliphatic rings. The van der Waals surface area contributed by atoms with Gasteiger partial charge in [-0.2, -0.15) is 0 Å². The summed E-state index contributed by atoms with van der Waals surface area (Å²) in [4.78, 5) is 2.30. The lowest BCUT2D eigenvalue weighted by Gasteiger charge is -2.21. The number of aryl methyl sites for hydroxylation is 1. The van der Waals surface area contributed by atoms with E-state index in [0.29, 0.717) is 17.7 Å². The minimum absolute atomic E-state index is 0.315. The maximum absolute atomic E-state index is 10.0. The molecule has 1 fully saturated rings. The predicted molar refractivity (Wildman–Crippen MR) is 70.0 cm³/mol. The van der Waals surface area contributed by atoms with Gasteiger partial charge >= 0.3 is 0 Å². The van der Waals surface area contributed by atoms with Crippen LogP contribution in [0.3, 0.4) is 0 Å². The first-order chi connectivity index (χ1) is 8.15. The molecule has 0 bridgehead atoms. The third kappa shape index (κ3) is 2.45. The minimum atomic E-state index is 0.315. The number of phenols is 1. The summed E-state index contributed by atoms with van der Waals surface area (Å²) in [5.41, 5.74) is 8.08. The van der Waals surface area contributed by atoms with Crippen molar-refractivity contribution in [2.75, 3.05) is 20.1 Å². The van der Waals surface area contributed by atoms with Crippen molar-refractivity contribution in [2.45, 2.75) is 25.8 Å². The fraction of sp³-hybridized carbons (Fsp3) is 0.571. The van der Waals surface area contributed by atoms with Gasteiger partial charge in [0.1, 0.15) is 5.75 Å². The van der Waals surface area contributed by atoms with Crippen LogP contribution in [-0.2, 0) is 6.42 Å². The fourth-order valence-corrected chi connectivity index (χ4v) is 2.73. The Kier molecular flexibility index (Phi) is 3.69. The van der Waals surface area contributed by atoms with Gasteiger partial charge in [-0.3, -0.25) is 4.90 Å². The topological polar surface area (TPSA) is 49.5 Å². The van der Waals surface area contributed by atoms with E-state index < -0.39 is 0 Å². The molecule has 2 rings (SSSR count). The van der Waals surface area contributed by atoms with Crippen molar-refractivity contribution in [2.24, 2.45) is 11.7 Å². The van der Waals surface area contributed by atoms with Crippen LogP contribution in [0.25, 0.3) is 0 Å². The SMILES string of the molecule is CCc1ccc(O)c(C2CC(CN)CN2C)c1. The second-order valence-corrected chi connectivity index (χ2v) is 5.04. The normalized spacial score (nSPS) is 25.4. The van der Waals surface area contributed by atoms with E-state index in [1.165, 1.54) is 5.56 Å². The van der Waals surface area contributed by atoms with E-state index in [1.807, 2.05) is 12.1 Å². The first-order valence-electron chi connectivity index (χ1n) is 6.37. The van der Waals surface area contributed by atoms with Gasteiger partial charge in [-0.1, -0.05) is 19.1 Å². The molecule has 1 aliphatic heterocycles. The van der Waals surface area contributed by atoms with Crippen LogP contribution in [0.4, 0.5) is 0 Å². The molecule has 3 N–H and O–H groups in total. The zero-order valence-electron chi connectivity index (χ0n) is 10.7. The van der Waals surface area contributed by atoms with Gasteiger partial charge in [0, 0.05) is 18.2 Å². The number of rotatable bonds is 3. The number of likely N-dealkylation sites (tertiary alicyclic amines) is 1. The second-order valence-electron chi connectivity index (χ2n) is 5.04. The van der Waals surface area contributed by atoms with Crippen molar-refractivity contribution in [3.63, 3.8) is 0 Å². The summed E-state index contributed by atoms with van der Waals surface area (Å²) in [5, 5.41) is 10.0. The van der Waals surface area contributed by atoms with Gasteiger partial charge in [-0.25, -0.2) is 0 Å². The number of hydrogen-bond donors (Lipinski definition) is 2. The van der Waals surface area contributed by atoms with Crippen molar-refractivity contribution in [3.05, 3.63) is 29.3 Å². The van der Waals surface area contributed by atoms with E-state index in [0.717, 1.165) is 31.5 Å². The van der Waals surface area contributed by atoms with Crippen molar-refractivity contribution in [3.8, 4) is 5.75 Å². The Morgan fingerprint density at radius 2 is 2.24 bits per heavy atom. The maximum Gasteiger partial charge on any atom is 0.120 e. The third-order valence-corrected chi connectivity index (χ3v) is 3.83. The van der Waals surface area contributed by atoms with Gasteiger partial charge in [0.2, 0.25) is 0 Å². The van der Waals surface area contributed by atoms with Crippen molar-refractivity contribution in [1.82, 2.24) is 4.90 Å². The Morgan fingerprint density at radius 3 is 2.82 bits per heavy atom. The van der Waals surface area contributed by atoms with Crippen molar-refractivity contribution in [1.29, 1.82) is 0 Å². The third-order valence-electron chi connectivity index (χ3n) is 3.83. The summed E-state index contributed by atoms with van der Waals surface area (Å²) in [6, 6.07) is 6.26. The van der Waals surface area contributed by atoms with E-state index in [-0.39, 0.29) is 0 Å². The second kappa shape index (κ2) is 5.07. The highest BCUT2D eigenvalue weighted by Gasteiger charge is 2.31. The highest BCUT2D eigenvalue weighted by Crippen LogP contribution is 2.38. The molecule has 2 unspecified atom stereocenters. The Balaban J connectivity index is 2.27. The van der Waals surface area contributed by atoms with Crippen LogP contribution < -0.4 is 5.73 Å². The van der Waals surface area contributed by atoms with Gasteiger partial charge in [-0.15, -0.1) is 0 Å². The molecular formula is C14H22N2O. The first kappa shape index (κ1) is 12.4. The van der Waals surface area contributed by atoms with Crippen LogP contribution in [0, 0.1) is 5.92 Å². The molecule has 94 valence electrons. The van der Waals surface area contributed by atoms with E-state index in [9.17, 15) is 5.11 Å². The predicted octanol–water partition coefficient (Wildman–Crippen LogP) is 1.91. The summed E-state index contributed by atoms with van der Waals surface area (Å²) in [5.74, 6) is 0.964. The maximum atomic E-state index is 10.0. The number of nitrogens with two attached hydrogens (primary N) is 1. The summed E-state index contributed by atoms with van der Waals surface area (Å²) in [6.45, 7) is 3.89. The summed E-state index contributed by atoms with van der Waals surface area (Å²) >= 11 is 0. The lowest BCUT2D eigenvalue weighted by Crippen LogP contribution is -2.20. The number of hydrogen-bond acceptors (Lipinski definition) is 3. The molecule has 1 aromatic carbocycles. The number of nitrogens with zero attached hydrogens (tertiary/aromatic N) is 1. The molecule has 3 nitrogen and oxygen atoms in total. The van der Waals surface area contributed by atoms with Gasteiger partial charge in [-0.05, 0) is 44.0 Å². The van der Waals surface area contributed by atoms with Crippen LogP contribution in [0.2, 0.25) is 0 Å². The minimum Gasteiger partial charge on any atom is -0.508 e. The molecule has 3 heteroatoms. The zero-order chi connectivity index (χ0) is 12.4. The molecule has 1 heterocycles. The van der Waals surface area contributed by atoms with E-state index in [4.69, 9.17) is 5.73 Å². The highest BCUT2D eigenvalue weighted by molar-refractivity contribution is 5.39. The summed E-state index contributed by atoms with van der Waals surface area (Å²) < 4.78 is 0. The van der Waals surface area contributed by atoms with Crippen LogP contribution in [0.15, 0.2) is 18.2 Å². The van der Waals surface area contributed by atoms with Crippen molar-refractivity contribution >= 4 is 0 Å². The molecule has 0 saturated carbocycles. The Hall–Kier alpha value is -1.06. The number of benzene rings is 1. The molecule has 0 radical (unpaired) electrons. The molecular weight excluding hydrogens is 212 g/mol. The first-order valence-corrected chi connectivity index (χ1v) is 6.37. The van der Waals surface area contributed by atoms with Crippen LogP contribution >= 0.6 is 0 Å². The number of phenolic OH excluding ortho intramolecular Hbond substituents is 1. The average molecular weight is 234 g/mol. The molecule has 0 aromatic heterocycles. The Morgan fingerprint density at radius 1 is 1.47 bits per heavy atom. The molecule has 2 atom stereocenters. The monoisotopic (exact) mass is 234 g/mol. The van der Waals surface area contributed by atoms with E-state index in [1.54, 1.807) is 0 Å².